The van der Waals surface area contributed by atoms with E-state index in [2.05, 4.69) is 40.1 Å². The second kappa shape index (κ2) is 7.95. The molecule has 1 aliphatic carbocycles. The molecule has 2 aromatic heterocycles. The number of rotatable bonds is 8. The van der Waals surface area contributed by atoms with Crippen LogP contribution in [0, 0.1) is 13.8 Å². The van der Waals surface area contributed by atoms with Crippen LogP contribution in [0.15, 0.2) is 41.6 Å². The van der Waals surface area contributed by atoms with Crippen LogP contribution in [0.2, 0.25) is 0 Å². The number of aromatic nitrogens is 4. The number of nitrogens with zero attached hydrogens (tertiary/aromatic N) is 4. The first kappa shape index (κ1) is 19.0. The van der Waals surface area contributed by atoms with Gasteiger partial charge >= 0.3 is 0 Å². The largest absolute Gasteiger partial charge is 0.345 e. The van der Waals surface area contributed by atoms with Gasteiger partial charge in [-0.3, -0.25) is 4.79 Å². The molecule has 1 fully saturated rings. The fourth-order valence-electron chi connectivity index (χ4n) is 3.78. The van der Waals surface area contributed by atoms with E-state index in [0.29, 0.717) is 11.8 Å². The Balaban J connectivity index is 1.53. The molecule has 0 N–H and O–H groups in total. The number of hydrogen-bond donors (Lipinski definition) is 0. The van der Waals surface area contributed by atoms with Gasteiger partial charge in [0.25, 0.3) is 0 Å². The summed E-state index contributed by atoms with van der Waals surface area (Å²) in [7, 11) is 0. The van der Waals surface area contributed by atoms with Crippen molar-refractivity contribution in [3.63, 3.8) is 0 Å². The molecule has 28 heavy (non-hydrogen) atoms. The van der Waals surface area contributed by atoms with Gasteiger partial charge in [0.2, 0.25) is 0 Å². The number of ketones is 1. The van der Waals surface area contributed by atoms with Gasteiger partial charge in [-0.2, -0.15) is 0 Å². The molecular formula is C22H26N4OS. The third kappa shape index (κ3) is 3.65. The van der Waals surface area contributed by atoms with Crippen LogP contribution in [0.1, 0.15) is 54.0 Å². The Hall–Kier alpha value is -2.34. The second-order valence-corrected chi connectivity index (χ2v) is 8.36. The molecular weight excluding hydrogens is 368 g/mol. The number of thioether (sulfide) groups is 1. The molecule has 0 bridgehead atoms. The predicted molar refractivity (Wildman–Crippen MR) is 113 cm³/mol. The normalized spacial score (nSPS) is 13.8. The third-order valence-corrected chi connectivity index (χ3v) is 6.19. The Labute approximate surface area is 170 Å². The van der Waals surface area contributed by atoms with Crippen LogP contribution in [-0.2, 0) is 6.54 Å². The van der Waals surface area contributed by atoms with Gasteiger partial charge in [-0.05, 0) is 39.2 Å². The first-order valence-electron chi connectivity index (χ1n) is 9.93. The number of aryl methyl sites for hydroxylation is 1. The first-order chi connectivity index (χ1) is 13.6. The Morgan fingerprint density at radius 3 is 2.61 bits per heavy atom. The fourth-order valence-corrected chi connectivity index (χ4v) is 4.63. The Kier molecular flexibility index (Phi) is 5.40. The van der Waals surface area contributed by atoms with Crippen molar-refractivity contribution in [3.8, 4) is 11.4 Å². The number of carbonyl (C=O) groups excluding carboxylic acids is 1. The zero-order chi connectivity index (χ0) is 19.7. The molecule has 6 heteroatoms. The number of hydrogen-bond acceptors (Lipinski definition) is 4. The molecule has 5 nitrogen and oxygen atoms in total. The number of benzene rings is 1. The van der Waals surface area contributed by atoms with E-state index >= 15 is 0 Å². The van der Waals surface area contributed by atoms with Crippen molar-refractivity contribution < 1.29 is 4.79 Å². The minimum absolute atomic E-state index is 0.164. The minimum atomic E-state index is 0.164. The van der Waals surface area contributed by atoms with Crippen LogP contribution in [0.4, 0.5) is 0 Å². The van der Waals surface area contributed by atoms with Gasteiger partial charge in [-0.25, -0.2) is 0 Å². The zero-order valence-corrected chi connectivity index (χ0v) is 17.5. The molecule has 0 saturated heterocycles. The Bertz CT molecular complexity index is 986. The summed E-state index contributed by atoms with van der Waals surface area (Å²) in [6, 6.07) is 12.7. The number of Topliss-reactive ketones (excluding diaryl/α,β-unsaturated/α-hetero) is 1. The highest BCUT2D eigenvalue weighted by Gasteiger charge is 2.28. The molecule has 146 valence electrons. The zero-order valence-electron chi connectivity index (χ0n) is 16.7. The van der Waals surface area contributed by atoms with E-state index in [4.69, 9.17) is 0 Å². The Morgan fingerprint density at radius 1 is 1.18 bits per heavy atom. The molecule has 1 aliphatic rings. The van der Waals surface area contributed by atoms with Crippen LogP contribution >= 0.6 is 11.8 Å². The van der Waals surface area contributed by atoms with E-state index < -0.39 is 0 Å². The summed E-state index contributed by atoms with van der Waals surface area (Å²) in [6.07, 6.45) is 3.43. The van der Waals surface area contributed by atoms with Crippen LogP contribution in [0.25, 0.3) is 11.4 Å². The van der Waals surface area contributed by atoms with E-state index in [1.165, 1.54) is 30.3 Å². The molecule has 2 heterocycles. The van der Waals surface area contributed by atoms with Crippen LogP contribution in [-0.4, -0.2) is 30.9 Å². The maximum Gasteiger partial charge on any atom is 0.191 e. The topological polar surface area (TPSA) is 52.7 Å². The molecule has 0 unspecified atom stereocenters. The Morgan fingerprint density at radius 2 is 1.93 bits per heavy atom. The van der Waals surface area contributed by atoms with Gasteiger partial charge in [0.15, 0.2) is 16.8 Å². The third-order valence-electron chi connectivity index (χ3n) is 5.23. The van der Waals surface area contributed by atoms with E-state index in [9.17, 15) is 4.79 Å². The average molecular weight is 395 g/mol. The second-order valence-electron chi connectivity index (χ2n) is 7.42. The molecule has 4 rings (SSSR count). The SMILES string of the molecule is CCCn1c(SCC(=O)c2cc(C)n(C3CC3)c2C)nnc1-c1ccccc1. The summed E-state index contributed by atoms with van der Waals surface area (Å²) < 4.78 is 4.45. The van der Waals surface area contributed by atoms with Crippen molar-refractivity contribution in [2.75, 3.05) is 5.75 Å². The molecule has 0 amide bonds. The van der Waals surface area contributed by atoms with Crippen LogP contribution < -0.4 is 0 Å². The van der Waals surface area contributed by atoms with E-state index in [-0.39, 0.29) is 5.78 Å². The molecule has 0 spiro atoms. The molecule has 0 atom stereocenters. The maximum absolute atomic E-state index is 12.9. The highest BCUT2D eigenvalue weighted by Crippen LogP contribution is 2.38. The van der Waals surface area contributed by atoms with Gasteiger partial charge in [0, 0.05) is 35.1 Å². The van der Waals surface area contributed by atoms with Gasteiger partial charge in [0.05, 0.1) is 5.75 Å². The first-order valence-corrected chi connectivity index (χ1v) is 10.9. The van der Waals surface area contributed by atoms with E-state index in [1.807, 2.05) is 36.4 Å². The molecule has 1 aromatic carbocycles. The van der Waals surface area contributed by atoms with E-state index in [0.717, 1.165) is 40.8 Å². The number of carbonyl (C=O) groups is 1. The van der Waals surface area contributed by atoms with Crippen LogP contribution in [0.3, 0.4) is 0 Å². The van der Waals surface area contributed by atoms with Crippen molar-refractivity contribution in [2.24, 2.45) is 0 Å². The standard InChI is InChI=1S/C22H26N4OS/c1-4-12-25-21(17-8-6-5-7-9-17)23-24-22(25)28-14-20(27)19-13-15(2)26(16(19)3)18-10-11-18/h5-9,13,18H,4,10-12,14H2,1-3H3. The van der Waals surface area contributed by atoms with Crippen molar-refractivity contribution in [3.05, 3.63) is 53.3 Å². The summed E-state index contributed by atoms with van der Waals surface area (Å²) in [4.78, 5) is 12.9. The summed E-state index contributed by atoms with van der Waals surface area (Å²) >= 11 is 1.48. The lowest BCUT2D eigenvalue weighted by molar-refractivity contribution is 0.102. The summed E-state index contributed by atoms with van der Waals surface area (Å²) in [5, 5.41) is 9.59. The maximum atomic E-state index is 12.9. The van der Waals surface area contributed by atoms with Gasteiger partial charge in [0.1, 0.15) is 0 Å². The lowest BCUT2D eigenvalue weighted by atomic mass is 10.2. The van der Waals surface area contributed by atoms with Crippen molar-refractivity contribution in [2.45, 2.75) is 57.8 Å². The monoisotopic (exact) mass is 394 g/mol. The minimum Gasteiger partial charge on any atom is -0.345 e. The highest BCUT2D eigenvalue weighted by molar-refractivity contribution is 7.99. The van der Waals surface area contributed by atoms with Gasteiger partial charge in [-0.1, -0.05) is 49.0 Å². The summed E-state index contributed by atoms with van der Waals surface area (Å²) in [6.45, 7) is 7.14. The average Bonchev–Trinajstić information content (AvgIpc) is 3.38. The molecule has 0 aliphatic heterocycles. The summed E-state index contributed by atoms with van der Waals surface area (Å²) in [5.74, 6) is 1.41. The molecule has 0 radical (unpaired) electrons. The molecule has 3 aromatic rings. The predicted octanol–water partition coefficient (Wildman–Crippen LogP) is 5.08. The van der Waals surface area contributed by atoms with Crippen molar-refractivity contribution in [1.82, 2.24) is 19.3 Å². The van der Waals surface area contributed by atoms with Crippen molar-refractivity contribution in [1.29, 1.82) is 0 Å². The molecule has 1 saturated carbocycles. The smallest absolute Gasteiger partial charge is 0.191 e. The highest BCUT2D eigenvalue weighted by atomic mass is 32.2. The van der Waals surface area contributed by atoms with Crippen LogP contribution in [0.5, 0.6) is 0 Å². The quantitative estimate of drug-likeness (QED) is 0.395. The fraction of sp³-hybridized carbons (Fsp3) is 0.409. The van der Waals surface area contributed by atoms with Gasteiger partial charge in [-0.15, -0.1) is 10.2 Å². The van der Waals surface area contributed by atoms with E-state index in [1.54, 1.807) is 0 Å². The summed E-state index contributed by atoms with van der Waals surface area (Å²) in [5.41, 5.74) is 4.19. The van der Waals surface area contributed by atoms with Crippen molar-refractivity contribution >= 4 is 17.5 Å². The van der Waals surface area contributed by atoms with Gasteiger partial charge < -0.3 is 9.13 Å². The lowest BCUT2D eigenvalue weighted by Gasteiger charge is -2.09. The lowest BCUT2D eigenvalue weighted by Crippen LogP contribution is -2.07.